The Kier molecular flexibility index (Phi) is 4.51. The van der Waals surface area contributed by atoms with Gasteiger partial charge in [-0.05, 0) is 51.4 Å². The summed E-state index contributed by atoms with van der Waals surface area (Å²) in [7, 11) is 0. The van der Waals surface area contributed by atoms with Gasteiger partial charge in [-0.15, -0.1) is 0 Å². The van der Waals surface area contributed by atoms with Crippen LogP contribution in [0.25, 0.3) is 0 Å². The van der Waals surface area contributed by atoms with Gasteiger partial charge >= 0.3 is 0 Å². The Bertz CT molecular complexity index is 345. The lowest BCUT2D eigenvalue weighted by Crippen LogP contribution is -2.28. The fraction of sp³-hybridized carbons (Fsp3) is 0.571. The van der Waals surface area contributed by atoms with Crippen molar-refractivity contribution in [3.05, 3.63) is 34.9 Å². The van der Waals surface area contributed by atoms with Crippen molar-refractivity contribution in [1.82, 2.24) is 5.32 Å². The Balaban J connectivity index is 2.80. The summed E-state index contributed by atoms with van der Waals surface area (Å²) in [5.41, 5.74) is 2.71. The van der Waals surface area contributed by atoms with Crippen LogP contribution in [0.2, 0.25) is 0 Å². The Morgan fingerprint density at radius 2 is 2.00 bits per heavy atom. The van der Waals surface area contributed by atoms with Crippen LogP contribution in [0.1, 0.15) is 37.0 Å². The maximum Gasteiger partial charge on any atom is 0.0883 e. The molecule has 1 unspecified atom stereocenters. The van der Waals surface area contributed by atoms with Crippen LogP contribution in [0.15, 0.2) is 18.2 Å². The second-order valence-corrected chi connectivity index (χ2v) is 4.70. The molecule has 16 heavy (non-hydrogen) atoms. The Morgan fingerprint density at radius 3 is 2.56 bits per heavy atom. The quantitative estimate of drug-likeness (QED) is 0.749. The second kappa shape index (κ2) is 5.46. The molecule has 2 nitrogen and oxygen atoms in total. The SMILES string of the molecule is CCNCCC(C)(O)c1ccc(C)cc1C. The van der Waals surface area contributed by atoms with E-state index >= 15 is 0 Å². The van der Waals surface area contributed by atoms with E-state index in [1.54, 1.807) is 0 Å². The van der Waals surface area contributed by atoms with E-state index in [2.05, 4.69) is 38.2 Å². The number of aryl methyl sites for hydroxylation is 2. The minimum absolute atomic E-state index is 0.736. The molecule has 2 heteroatoms. The van der Waals surface area contributed by atoms with Gasteiger partial charge in [-0.3, -0.25) is 0 Å². The summed E-state index contributed by atoms with van der Waals surface area (Å²) in [6.07, 6.45) is 0.741. The summed E-state index contributed by atoms with van der Waals surface area (Å²) in [5.74, 6) is 0. The highest BCUT2D eigenvalue weighted by atomic mass is 16.3. The molecule has 0 fully saturated rings. The first-order valence-corrected chi connectivity index (χ1v) is 5.98. The minimum Gasteiger partial charge on any atom is -0.385 e. The Morgan fingerprint density at radius 1 is 1.31 bits per heavy atom. The zero-order valence-electron chi connectivity index (χ0n) is 10.8. The van der Waals surface area contributed by atoms with Gasteiger partial charge in [0.25, 0.3) is 0 Å². The molecule has 2 N–H and O–H groups in total. The van der Waals surface area contributed by atoms with Crippen molar-refractivity contribution in [2.75, 3.05) is 13.1 Å². The molecule has 0 heterocycles. The smallest absolute Gasteiger partial charge is 0.0883 e. The van der Waals surface area contributed by atoms with E-state index < -0.39 is 5.60 Å². The third-order valence-electron chi connectivity index (χ3n) is 3.00. The van der Waals surface area contributed by atoms with Gasteiger partial charge in [0.2, 0.25) is 0 Å². The molecule has 0 spiro atoms. The standard InChI is InChI=1S/C14H23NO/c1-5-15-9-8-14(4,16)13-7-6-11(2)10-12(13)3/h6-7,10,15-16H,5,8-9H2,1-4H3. The Hall–Kier alpha value is -0.860. The van der Waals surface area contributed by atoms with Gasteiger partial charge in [-0.2, -0.15) is 0 Å². The van der Waals surface area contributed by atoms with Crippen molar-refractivity contribution < 1.29 is 5.11 Å². The molecule has 0 saturated carbocycles. The van der Waals surface area contributed by atoms with Gasteiger partial charge in [0.05, 0.1) is 5.60 Å². The van der Waals surface area contributed by atoms with Crippen molar-refractivity contribution in [2.24, 2.45) is 0 Å². The molecular formula is C14H23NO. The molecule has 0 aliphatic carbocycles. The molecule has 1 aromatic carbocycles. The first-order valence-electron chi connectivity index (χ1n) is 5.98. The summed E-state index contributed by atoms with van der Waals surface area (Å²) in [5, 5.41) is 13.7. The number of hydrogen-bond donors (Lipinski definition) is 2. The van der Waals surface area contributed by atoms with E-state index in [0.717, 1.165) is 25.1 Å². The molecule has 0 bridgehead atoms. The Labute approximate surface area is 98.7 Å². The highest BCUT2D eigenvalue weighted by Gasteiger charge is 2.23. The average molecular weight is 221 g/mol. The predicted octanol–water partition coefficient (Wildman–Crippen LogP) is 2.51. The van der Waals surface area contributed by atoms with E-state index in [9.17, 15) is 5.11 Å². The summed E-state index contributed by atoms with van der Waals surface area (Å²) >= 11 is 0. The molecule has 0 amide bonds. The number of nitrogens with one attached hydrogen (secondary N) is 1. The van der Waals surface area contributed by atoms with Gasteiger partial charge in [0.1, 0.15) is 0 Å². The summed E-state index contributed by atoms with van der Waals surface area (Å²) in [6.45, 7) is 9.89. The monoisotopic (exact) mass is 221 g/mol. The van der Waals surface area contributed by atoms with E-state index in [1.165, 1.54) is 11.1 Å². The fourth-order valence-corrected chi connectivity index (χ4v) is 2.06. The van der Waals surface area contributed by atoms with Crippen LogP contribution in [0.5, 0.6) is 0 Å². The molecule has 0 aliphatic rings. The minimum atomic E-state index is -0.736. The first-order chi connectivity index (χ1) is 7.47. The molecule has 0 aliphatic heterocycles. The second-order valence-electron chi connectivity index (χ2n) is 4.70. The van der Waals surface area contributed by atoms with E-state index in [-0.39, 0.29) is 0 Å². The molecule has 0 radical (unpaired) electrons. The van der Waals surface area contributed by atoms with Gasteiger partial charge in [0.15, 0.2) is 0 Å². The molecule has 1 rings (SSSR count). The lowest BCUT2D eigenvalue weighted by Gasteiger charge is -2.26. The van der Waals surface area contributed by atoms with Crippen LogP contribution >= 0.6 is 0 Å². The number of hydrogen-bond acceptors (Lipinski definition) is 2. The predicted molar refractivity (Wildman–Crippen MR) is 68.6 cm³/mol. The normalized spacial score (nSPS) is 14.8. The number of benzene rings is 1. The van der Waals surface area contributed by atoms with Crippen molar-refractivity contribution >= 4 is 0 Å². The van der Waals surface area contributed by atoms with E-state index in [0.29, 0.717) is 0 Å². The zero-order valence-corrected chi connectivity index (χ0v) is 10.8. The lowest BCUT2D eigenvalue weighted by atomic mass is 9.88. The van der Waals surface area contributed by atoms with Gasteiger partial charge in [-0.1, -0.05) is 30.7 Å². The van der Waals surface area contributed by atoms with Crippen LogP contribution < -0.4 is 5.32 Å². The number of rotatable bonds is 5. The molecule has 90 valence electrons. The summed E-state index contributed by atoms with van der Waals surface area (Å²) in [6, 6.07) is 6.22. The summed E-state index contributed by atoms with van der Waals surface area (Å²) < 4.78 is 0. The van der Waals surface area contributed by atoms with Crippen LogP contribution in [-0.4, -0.2) is 18.2 Å². The van der Waals surface area contributed by atoms with Crippen molar-refractivity contribution in [1.29, 1.82) is 0 Å². The topological polar surface area (TPSA) is 32.3 Å². The van der Waals surface area contributed by atoms with Gasteiger partial charge < -0.3 is 10.4 Å². The maximum atomic E-state index is 10.4. The molecule has 0 aromatic heterocycles. The van der Waals surface area contributed by atoms with E-state index in [4.69, 9.17) is 0 Å². The first kappa shape index (κ1) is 13.2. The lowest BCUT2D eigenvalue weighted by molar-refractivity contribution is 0.0475. The van der Waals surface area contributed by atoms with Crippen molar-refractivity contribution in [3.8, 4) is 0 Å². The zero-order chi connectivity index (χ0) is 12.2. The van der Waals surface area contributed by atoms with Crippen LogP contribution in [0, 0.1) is 13.8 Å². The molecule has 1 atom stereocenters. The van der Waals surface area contributed by atoms with E-state index in [1.807, 2.05) is 13.0 Å². The average Bonchev–Trinajstić information content (AvgIpc) is 2.17. The van der Waals surface area contributed by atoms with Gasteiger partial charge in [-0.25, -0.2) is 0 Å². The highest BCUT2D eigenvalue weighted by molar-refractivity contribution is 5.34. The molecule has 0 saturated heterocycles. The van der Waals surface area contributed by atoms with Crippen LogP contribution in [0.4, 0.5) is 0 Å². The largest absolute Gasteiger partial charge is 0.385 e. The number of aliphatic hydroxyl groups is 1. The van der Waals surface area contributed by atoms with Crippen LogP contribution in [0.3, 0.4) is 0 Å². The third-order valence-corrected chi connectivity index (χ3v) is 3.00. The van der Waals surface area contributed by atoms with Crippen LogP contribution in [-0.2, 0) is 5.60 Å². The van der Waals surface area contributed by atoms with Crippen molar-refractivity contribution in [3.63, 3.8) is 0 Å². The fourth-order valence-electron chi connectivity index (χ4n) is 2.06. The van der Waals surface area contributed by atoms with Crippen molar-refractivity contribution in [2.45, 2.75) is 39.7 Å². The molecule has 1 aromatic rings. The molecular weight excluding hydrogens is 198 g/mol. The third kappa shape index (κ3) is 3.32. The highest BCUT2D eigenvalue weighted by Crippen LogP contribution is 2.27. The van der Waals surface area contributed by atoms with Gasteiger partial charge in [0, 0.05) is 0 Å². The summed E-state index contributed by atoms with van der Waals surface area (Å²) in [4.78, 5) is 0. The maximum absolute atomic E-state index is 10.4.